The lowest BCUT2D eigenvalue weighted by Gasteiger charge is -2.18. The maximum absolute atomic E-state index is 5.59. The molecule has 0 aromatic rings. The van der Waals surface area contributed by atoms with E-state index >= 15 is 0 Å². The van der Waals surface area contributed by atoms with Gasteiger partial charge in [0.15, 0.2) is 6.29 Å². The van der Waals surface area contributed by atoms with E-state index in [0.717, 1.165) is 13.2 Å². The minimum Gasteiger partial charge on any atom is -0.353 e. The molecule has 0 unspecified atom stereocenters. The van der Waals surface area contributed by atoms with E-state index in [0.29, 0.717) is 0 Å². The fraction of sp³-hybridized carbons (Fsp3) is 1.00. The van der Waals surface area contributed by atoms with E-state index in [1.165, 1.54) is 51.4 Å². The number of rotatable bonds is 11. The maximum Gasteiger partial charge on any atom is 0.154 e. The zero-order chi connectivity index (χ0) is 13.9. The summed E-state index contributed by atoms with van der Waals surface area (Å²) in [6.45, 7) is 14.0. The van der Waals surface area contributed by atoms with E-state index in [2.05, 4.69) is 16.7 Å². The Kier molecular flexibility index (Phi) is 9.72. The third-order valence-corrected chi connectivity index (χ3v) is 5.58. The summed E-state index contributed by atoms with van der Waals surface area (Å²) < 4.78 is 11.2. The third kappa shape index (κ3) is 7.42. The fourth-order valence-electron chi connectivity index (χ4n) is 2.56. The summed E-state index contributed by atoms with van der Waals surface area (Å²) in [6.07, 6.45) is 1.43. The highest BCUT2D eigenvalue weighted by Crippen LogP contribution is 2.08. The van der Waals surface area contributed by atoms with Gasteiger partial charge in [0.25, 0.3) is 0 Å². The lowest BCUT2D eigenvalue weighted by Crippen LogP contribution is -2.26. The van der Waals surface area contributed by atoms with Crippen LogP contribution in [0.3, 0.4) is 0 Å². The second-order valence-electron chi connectivity index (χ2n) is 5.16. The smallest absolute Gasteiger partial charge is 0.154 e. The summed E-state index contributed by atoms with van der Waals surface area (Å²) in [4.78, 5) is 5.10. The molecule has 19 heavy (non-hydrogen) atoms. The van der Waals surface area contributed by atoms with Crippen LogP contribution in [-0.4, -0.2) is 71.7 Å². The predicted molar refractivity (Wildman–Crippen MR) is 83.5 cm³/mol. The molecule has 1 rings (SSSR count). The van der Waals surface area contributed by atoms with Crippen LogP contribution in [0.2, 0.25) is 12.1 Å². The minimum atomic E-state index is -0.0232. The van der Waals surface area contributed by atoms with E-state index in [9.17, 15) is 0 Å². The van der Waals surface area contributed by atoms with E-state index < -0.39 is 0 Å². The number of nitrogens with zero attached hydrogens (tertiary/aromatic N) is 2. The highest BCUT2D eigenvalue weighted by molar-refractivity contribution is 6.35. The number of hydrogen-bond donors (Lipinski definition) is 0. The summed E-state index contributed by atoms with van der Waals surface area (Å²) in [7, 11) is -0.0232. The zero-order valence-corrected chi connectivity index (χ0v) is 14.5. The zero-order valence-electron chi connectivity index (χ0n) is 13.1. The molecule has 5 heteroatoms. The molecular weight excluding hydrogens is 256 g/mol. The van der Waals surface area contributed by atoms with E-state index in [-0.39, 0.29) is 15.8 Å². The van der Waals surface area contributed by atoms with Crippen molar-refractivity contribution in [3.8, 4) is 0 Å². The topological polar surface area (TPSA) is 24.9 Å². The van der Waals surface area contributed by atoms with Gasteiger partial charge in [0.2, 0.25) is 0 Å². The molecule has 0 aromatic heterocycles. The summed E-state index contributed by atoms with van der Waals surface area (Å²) in [5, 5.41) is 0. The first-order valence-electron chi connectivity index (χ1n) is 7.98. The van der Waals surface area contributed by atoms with E-state index in [4.69, 9.17) is 9.47 Å². The molecule has 0 saturated carbocycles. The van der Waals surface area contributed by atoms with Gasteiger partial charge in [-0.2, -0.15) is 0 Å². The lowest BCUT2D eigenvalue weighted by atomic mass is 10.4. The number of ether oxygens (including phenoxy) is 2. The monoisotopic (exact) mass is 288 g/mol. The molecule has 0 spiro atoms. The Hall–Kier alpha value is 0.0569. The molecule has 0 bridgehead atoms. The largest absolute Gasteiger partial charge is 0.353 e. The minimum absolute atomic E-state index is 0.0232. The molecule has 1 heterocycles. The van der Waals surface area contributed by atoms with Gasteiger partial charge >= 0.3 is 0 Å². The molecule has 1 fully saturated rings. The van der Waals surface area contributed by atoms with Crippen molar-refractivity contribution in [2.45, 2.75) is 45.6 Å². The van der Waals surface area contributed by atoms with Crippen molar-refractivity contribution in [2.24, 2.45) is 0 Å². The van der Waals surface area contributed by atoms with E-state index in [1.54, 1.807) is 0 Å². The number of hydrogen-bond acceptors (Lipinski definition) is 4. The molecule has 0 amide bonds. The van der Waals surface area contributed by atoms with Gasteiger partial charge in [0.1, 0.15) is 0 Å². The van der Waals surface area contributed by atoms with Crippen LogP contribution in [0, 0.1) is 0 Å². The molecule has 114 valence electrons. The van der Waals surface area contributed by atoms with Gasteiger partial charge in [0.05, 0.1) is 6.67 Å². The predicted octanol–water partition coefficient (Wildman–Crippen LogP) is 1.38. The number of likely N-dealkylation sites (N-methyl/N-ethyl adjacent to an activating group) is 1. The van der Waals surface area contributed by atoms with Crippen molar-refractivity contribution in [1.29, 1.82) is 0 Å². The van der Waals surface area contributed by atoms with Crippen LogP contribution in [-0.2, 0) is 9.47 Å². The van der Waals surface area contributed by atoms with Crippen LogP contribution in [0.1, 0.15) is 27.2 Å². The van der Waals surface area contributed by atoms with E-state index in [1.807, 2.05) is 13.8 Å². The van der Waals surface area contributed by atoms with Gasteiger partial charge in [-0.15, -0.1) is 0 Å². The average Bonchev–Trinajstić information content (AvgIpc) is 2.87. The first kappa shape index (κ1) is 17.1. The lowest BCUT2D eigenvalue weighted by molar-refractivity contribution is -0.123. The Labute approximate surface area is 121 Å². The van der Waals surface area contributed by atoms with Crippen LogP contribution in [0.4, 0.5) is 0 Å². The molecule has 0 atom stereocenters. The van der Waals surface area contributed by atoms with Gasteiger partial charge in [-0.05, 0) is 39.4 Å². The second-order valence-corrected chi connectivity index (χ2v) is 7.15. The molecule has 0 aliphatic carbocycles. The Morgan fingerprint density at radius 3 is 2.32 bits per heavy atom. The summed E-state index contributed by atoms with van der Waals surface area (Å²) in [5.41, 5.74) is 0. The Bertz CT molecular complexity index is 214. The molecule has 1 aliphatic heterocycles. The van der Waals surface area contributed by atoms with Gasteiger partial charge in [-0.1, -0.05) is 13.0 Å². The molecular formula is C14H32N2O2Si. The van der Waals surface area contributed by atoms with Gasteiger partial charge in [-0.3, -0.25) is 9.80 Å². The average molecular weight is 289 g/mol. The highest BCUT2D eigenvalue weighted by atomic mass is 28.2. The van der Waals surface area contributed by atoms with Crippen molar-refractivity contribution in [3.05, 3.63) is 0 Å². The Balaban J connectivity index is 1.98. The van der Waals surface area contributed by atoms with Crippen LogP contribution in [0.5, 0.6) is 0 Å². The van der Waals surface area contributed by atoms with Crippen molar-refractivity contribution < 1.29 is 9.47 Å². The van der Waals surface area contributed by atoms with Crippen LogP contribution in [0.15, 0.2) is 0 Å². The first-order valence-corrected chi connectivity index (χ1v) is 9.98. The van der Waals surface area contributed by atoms with Crippen LogP contribution < -0.4 is 0 Å². The maximum atomic E-state index is 5.59. The van der Waals surface area contributed by atoms with Gasteiger partial charge in [0, 0.05) is 35.8 Å². The quantitative estimate of drug-likeness (QED) is 0.326. The Morgan fingerprint density at radius 1 is 1.05 bits per heavy atom. The SMILES string of the molecule is CCOC(C[SiH2]CCCN1CCN(CC)C1)OCC. The summed E-state index contributed by atoms with van der Waals surface area (Å²) in [5.74, 6) is 0. The molecule has 1 aliphatic rings. The van der Waals surface area contributed by atoms with Crippen molar-refractivity contribution >= 4 is 9.52 Å². The Morgan fingerprint density at radius 2 is 1.74 bits per heavy atom. The molecule has 0 radical (unpaired) electrons. The standard InChI is InChI=1S/C14H32N2O2Si/c1-4-15-9-10-16(13-15)8-7-11-19-12-14(17-5-2)18-6-3/h14H,4-13,19H2,1-3H3. The van der Waals surface area contributed by atoms with Gasteiger partial charge < -0.3 is 9.47 Å². The summed E-state index contributed by atoms with van der Waals surface area (Å²) >= 11 is 0. The summed E-state index contributed by atoms with van der Waals surface area (Å²) in [6, 6.07) is 2.59. The van der Waals surface area contributed by atoms with Gasteiger partial charge in [-0.25, -0.2) is 0 Å². The molecule has 4 nitrogen and oxygen atoms in total. The molecule has 0 aromatic carbocycles. The normalized spacial score (nSPS) is 18.3. The van der Waals surface area contributed by atoms with Crippen molar-refractivity contribution in [2.75, 3.05) is 46.1 Å². The second kappa shape index (κ2) is 10.8. The van der Waals surface area contributed by atoms with Crippen LogP contribution in [0.25, 0.3) is 0 Å². The molecule has 1 saturated heterocycles. The van der Waals surface area contributed by atoms with Crippen molar-refractivity contribution in [3.63, 3.8) is 0 Å². The van der Waals surface area contributed by atoms with Crippen molar-refractivity contribution in [1.82, 2.24) is 9.80 Å². The fourth-order valence-corrected chi connectivity index (χ4v) is 4.09. The highest BCUT2D eigenvalue weighted by Gasteiger charge is 2.17. The third-order valence-electron chi connectivity index (χ3n) is 3.70. The van der Waals surface area contributed by atoms with Crippen LogP contribution >= 0.6 is 0 Å². The first-order chi connectivity index (χ1) is 9.30. The molecule has 0 N–H and O–H groups in total.